The van der Waals surface area contributed by atoms with E-state index in [1.807, 2.05) is 13.1 Å². The average molecular weight is 376 g/mol. The number of nitrogens with zero attached hydrogens (tertiary/aromatic N) is 4. The van der Waals surface area contributed by atoms with Crippen LogP contribution in [0.25, 0.3) is 11.0 Å². The van der Waals surface area contributed by atoms with Crippen LogP contribution in [-0.4, -0.2) is 47.1 Å². The van der Waals surface area contributed by atoms with Gasteiger partial charge in [-0.15, -0.1) is 0 Å². The molecule has 1 unspecified atom stereocenters. The van der Waals surface area contributed by atoms with Gasteiger partial charge in [-0.1, -0.05) is 42.5 Å². The number of likely N-dealkylation sites (tertiary alicyclic amines) is 1. The Bertz CT molecular complexity index is 944. The molecule has 1 N–H and O–H groups in total. The lowest BCUT2D eigenvalue weighted by atomic mass is 9.99. The van der Waals surface area contributed by atoms with Gasteiger partial charge in [0, 0.05) is 39.1 Å². The second-order valence-corrected chi connectivity index (χ2v) is 7.47. The lowest BCUT2D eigenvalue weighted by Gasteiger charge is -2.22. The molecule has 1 aliphatic heterocycles. The van der Waals surface area contributed by atoms with Crippen LogP contribution in [-0.2, 0) is 6.54 Å². The minimum absolute atomic E-state index is 0.597. The molecule has 28 heavy (non-hydrogen) atoms. The summed E-state index contributed by atoms with van der Waals surface area (Å²) in [7, 11) is 1.88. The quantitative estimate of drug-likeness (QED) is 0.419. The van der Waals surface area contributed by atoms with Crippen molar-refractivity contribution in [1.29, 1.82) is 0 Å². The predicted octanol–water partition coefficient (Wildman–Crippen LogP) is 3.80. The largest absolute Gasteiger partial charge is 0.356 e. The van der Waals surface area contributed by atoms with E-state index in [0.29, 0.717) is 5.92 Å². The summed E-state index contributed by atoms with van der Waals surface area (Å²) in [5.74, 6) is 2.70. The number of aliphatic imine (C=N–C) groups is 1. The van der Waals surface area contributed by atoms with Crippen molar-refractivity contribution in [2.24, 2.45) is 4.99 Å². The molecule has 2 heterocycles. The zero-order chi connectivity index (χ0) is 19.3. The summed E-state index contributed by atoms with van der Waals surface area (Å²) in [6.45, 7) is 6.05. The van der Waals surface area contributed by atoms with Crippen molar-refractivity contribution in [3.05, 3.63) is 66.0 Å². The Hall–Kier alpha value is -2.82. The Labute approximate surface area is 167 Å². The summed E-state index contributed by atoms with van der Waals surface area (Å²) in [4.78, 5) is 11.6. The maximum atomic E-state index is 4.65. The van der Waals surface area contributed by atoms with Crippen molar-refractivity contribution in [2.45, 2.75) is 32.2 Å². The standard InChI is InChI=1S/C23H29N5/c1-18-26-21-11-6-7-12-22(21)28(18)15-8-14-25-23(24-2)27-16-13-20(17-27)19-9-4-3-5-10-19/h3-7,9-12,20H,8,13-17H2,1-2H3,(H,24,25). The molecule has 0 amide bonds. The van der Waals surface area contributed by atoms with Gasteiger partial charge in [0.2, 0.25) is 0 Å². The number of para-hydroxylation sites is 2. The molecular formula is C23H29N5. The molecule has 1 fully saturated rings. The molecule has 0 bridgehead atoms. The van der Waals surface area contributed by atoms with Crippen LogP contribution in [0, 0.1) is 6.92 Å². The van der Waals surface area contributed by atoms with Gasteiger partial charge >= 0.3 is 0 Å². The molecule has 0 aliphatic carbocycles. The van der Waals surface area contributed by atoms with Crippen molar-refractivity contribution in [1.82, 2.24) is 19.8 Å². The van der Waals surface area contributed by atoms with E-state index in [4.69, 9.17) is 0 Å². The first-order chi connectivity index (χ1) is 13.8. The fourth-order valence-corrected chi connectivity index (χ4v) is 4.20. The molecule has 5 nitrogen and oxygen atoms in total. The van der Waals surface area contributed by atoms with Crippen LogP contribution >= 0.6 is 0 Å². The van der Waals surface area contributed by atoms with Crippen LogP contribution in [0.2, 0.25) is 0 Å². The third-order valence-corrected chi connectivity index (χ3v) is 5.66. The Morgan fingerprint density at radius 1 is 1.14 bits per heavy atom. The summed E-state index contributed by atoms with van der Waals surface area (Å²) in [6.07, 6.45) is 2.22. The normalized spacial score (nSPS) is 17.4. The highest BCUT2D eigenvalue weighted by Crippen LogP contribution is 2.26. The number of benzene rings is 2. The van der Waals surface area contributed by atoms with Gasteiger partial charge in [-0.05, 0) is 37.5 Å². The van der Waals surface area contributed by atoms with Gasteiger partial charge in [0.25, 0.3) is 0 Å². The Balaban J connectivity index is 1.30. The molecule has 1 saturated heterocycles. The molecule has 0 saturated carbocycles. The summed E-state index contributed by atoms with van der Waals surface area (Å²) >= 11 is 0. The summed E-state index contributed by atoms with van der Waals surface area (Å²) < 4.78 is 2.31. The molecule has 4 rings (SSSR count). The van der Waals surface area contributed by atoms with E-state index in [1.54, 1.807) is 0 Å². The third kappa shape index (κ3) is 3.88. The molecule has 2 aromatic carbocycles. The molecule has 146 valence electrons. The maximum Gasteiger partial charge on any atom is 0.193 e. The fraction of sp³-hybridized carbons (Fsp3) is 0.391. The molecule has 0 radical (unpaired) electrons. The zero-order valence-electron chi connectivity index (χ0n) is 16.8. The number of rotatable bonds is 5. The van der Waals surface area contributed by atoms with Crippen LogP contribution < -0.4 is 5.32 Å². The van der Waals surface area contributed by atoms with E-state index in [2.05, 4.69) is 80.2 Å². The smallest absolute Gasteiger partial charge is 0.193 e. The average Bonchev–Trinajstić information content (AvgIpc) is 3.33. The first kappa shape index (κ1) is 18.5. The van der Waals surface area contributed by atoms with Crippen molar-refractivity contribution in [3.63, 3.8) is 0 Å². The third-order valence-electron chi connectivity index (χ3n) is 5.66. The topological polar surface area (TPSA) is 45.5 Å². The predicted molar refractivity (Wildman–Crippen MR) is 116 cm³/mol. The molecule has 1 aromatic heterocycles. The van der Waals surface area contributed by atoms with Gasteiger partial charge in [0.15, 0.2) is 5.96 Å². The van der Waals surface area contributed by atoms with Gasteiger partial charge in [0.1, 0.15) is 5.82 Å². The molecular weight excluding hydrogens is 346 g/mol. The van der Waals surface area contributed by atoms with Crippen molar-refractivity contribution in [3.8, 4) is 0 Å². The number of guanidine groups is 1. The number of hydrogen-bond donors (Lipinski definition) is 1. The van der Waals surface area contributed by atoms with Crippen molar-refractivity contribution in [2.75, 3.05) is 26.7 Å². The first-order valence-electron chi connectivity index (χ1n) is 10.2. The number of nitrogens with one attached hydrogen (secondary N) is 1. The molecule has 1 aliphatic rings. The minimum atomic E-state index is 0.597. The number of aromatic nitrogens is 2. The van der Waals surface area contributed by atoms with Gasteiger partial charge in [-0.3, -0.25) is 4.99 Å². The van der Waals surface area contributed by atoms with Gasteiger partial charge in [-0.25, -0.2) is 4.98 Å². The first-order valence-corrected chi connectivity index (χ1v) is 10.2. The van der Waals surface area contributed by atoms with E-state index in [0.717, 1.165) is 49.9 Å². The maximum absolute atomic E-state index is 4.65. The Morgan fingerprint density at radius 2 is 1.93 bits per heavy atom. The number of fused-ring (bicyclic) bond motifs is 1. The second-order valence-electron chi connectivity index (χ2n) is 7.47. The zero-order valence-corrected chi connectivity index (χ0v) is 16.8. The van der Waals surface area contributed by atoms with Crippen molar-refractivity contribution < 1.29 is 0 Å². The van der Waals surface area contributed by atoms with Crippen LogP contribution in [0.4, 0.5) is 0 Å². The van der Waals surface area contributed by atoms with E-state index < -0.39 is 0 Å². The minimum Gasteiger partial charge on any atom is -0.356 e. The van der Waals surface area contributed by atoms with Crippen LogP contribution in [0.1, 0.15) is 30.1 Å². The SMILES string of the molecule is CN=C(NCCCn1c(C)nc2ccccc21)N1CCC(c2ccccc2)C1. The van der Waals surface area contributed by atoms with Crippen LogP contribution in [0.5, 0.6) is 0 Å². The van der Waals surface area contributed by atoms with Crippen LogP contribution in [0.15, 0.2) is 59.6 Å². The van der Waals surface area contributed by atoms with Gasteiger partial charge in [0.05, 0.1) is 11.0 Å². The van der Waals surface area contributed by atoms with Gasteiger partial charge < -0.3 is 14.8 Å². The van der Waals surface area contributed by atoms with E-state index in [9.17, 15) is 0 Å². The molecule has 5 heteroatoms. The lowest BCUT2D eigenvalue weighted by molar-refractivity contribution is 0.482. The highest BCUT2D eigenvalue weighted by molar-refractivity contribution is 5.80. The second kappa shape index (κ2) is 8.46. The molecule has 3 aromatic rings. The highest BCUT2D eigenvalue weighted by atomic mass is 15.3. The van der Waals surface area contributed by atoms with E-state index in [-0.39, 0.29) is 0 Å². The van der Waals surface area contributed by atoms with Gasteiger partial charge in [-0.2, -0.15) is 0 Å². The van der Waals surface area contributed by atoms with E-state index in [1.165, 1.54) is 17.5 Å². The highest BCUT2D eigenvalue weighted by Gasteiger charge is 2.25. The number of imidazole rings is 1. The van der Waals surface area contributed by atoms with Crippen molar-refractivity contribution >= 4 is 17.0 Å². The Kier molecular flexibility index (Phi) is 5.60. The Morgan fingerprint density at radius 3 is 2.75 bits per heavy atom. The lowest BCUT2D eigenvalue weighted by Crippen LogP contribution is -2.40. The monoisotopic (exact) mass is 375 g/mol. The number of hydrogen-bond acceptors (Lipinski definition) is 2. The van der Waals surface area contributed by atoms with E-state index >= 15 is 0 Å². The van der Waals surface area contributed by atoms with Crippen LogP contribution in [0.3, 0.4) is 0 Å². The molecule has 0 spiro atoms. The summed E-state index contributed by atoms with van der Waals surface area (Å²) in [6, 6.07) is 19.2. The number of aryl methyl sites for hydroxylation is 2. The fourth-order valence-electron chi connectivity index (χ4n) is 4.20. The molecule has 1 atom stereocenters. The summed E-state index contributed by atoms with van der Waals surface area (Å²) in [5, 5.41) is 3.56. The summed E-state index contributed by atoms with van der Waals surface area (Å²) in [5.41, 5.74) is 3.73.